The van der Waals surface area contributed by atoms with Gasteiger partial charge in [0.05, 0.1) is 63.9 Å². The molecule has 0 radical (unpaired) electrons. The molecule has 1 aromatic carbocycles. The quantitative estimate of drug-likeness (QED) is 0.0820. The Morgan fingerprint density at radius 2 is 1.37 bits per heavy atom. The third-order valence-electron chi connectivity index (χ3n) is 8.20. The van der Waals surface area contributed by atoms with Gasteiger partial charge < -0.3 is 39.9 Å². The van der Waals surface area contributed by atoms with Gasteiger partial charge in [-0.1, -0.05) is 31.5 Å². The van der Waals surface area contributed by atoms with Crippen LogP contribution >= 0.6 is 0 Å². The molecule has 51 heavy (non-hydrogen) atoms. The number of hydrogen-bond acceptors (Lipinski definition) is 11. The number of aryl methyl sites for hydroxylation is 2. The first kappa shape index (κ1) is 39.3. The lowest BCUT2D eigenvalue weighted by Gasteiger charge is -2.13. The summed E-state index contributed by atoms with van der Waals surface area (Å²) in [5, 5.41) is 6.71. The Balaban J connectivity index is 0.952. The Kier molecular flexibility index (Phi) is 16.7. The van der Waals surface area contributed by atoms with E-state index < -0.39 is 11.8 Å². The van der Waals surface area contributed by atoms with Crippen LogP contribution in [0.1, 0.15) is 51.3 Å². The molecule has 4 rings (SSSR count). The fourth-order valence-corrected chi connectivity index (χ4v) is 5.53. The summed E-state index contributed by atoms with van der Waals surface area (Å²) >= 11 is 0. The normalized spacial score (nSPS) is 12.8. The zero-order valence-corrected chi connectivity index (χ0v) is 29.5. The minimum Gasteiger partial charge on any atom is -0.382 e. The van der Waals surface area contributed by atoms with Crippen molar-refractivity contribution in [2.75, 3.05) is 78.2 Å². The molecule has 0 bridgehead atoms. The number of carbonyl (C=O) groups is 4. The molecule has 0 unspecified atom stereocenters. The zero-order valence-electron chi connectivity index (χ0n) is 29.5. The standard InChI is InChI=1S/C36H51N7O8/c1-2-3-10-29-41-34-35(27-8-4-5-9-28(27)40-36(34)37)42(29)17-7-6-15-38-31(45)14-19-48-21-23-50-25-26-51-24-22-49-20-16-39-30(44)13-18-43-32(46)11-12-33(43)47/h4-5,8-9,11-12H,2-3,6-7,10,13-26H2,1H3,(H2,37,40)(H,38,45)(H,39,44). The van der Waals surface area contributed by atoms with Gasteiger partial charge in [-0.05, 0) is 25.3 Å². The Bertz CT molecular complexity index is 1610. The van der Waals surface area contributed by atoms with Gasteiger partial charge in [0.2, 0.25) is 11.8 Å². The highest BCUT2D eigenvalue weighted by atomic mass is 16.6. The van der Waals surface area contributed by atoms with Crippen molar-refractivity contribution in [3.05, 3.63) is 42.2 Å². The summed E-state index contributed by atoms with van der Waals surface area (Å²) in [5.74, 6) is 0.384. The number of imide groups is 1. The molecule has 278 valence electrons. The predicted molar refractivity (Wildman–Crippen MR) is 192 cm³/mol. The fraction of sp³-hybridized carbons (Fsp3) is 0.556. The second kappa shape index (κ2) is 21.7. The number of para-hydroxylation sites is 1. The van der Waals surface area contributed by atoms with E-state index in [9.17, 15) is 19.2 Å². The fourth-order valence-electron chi connectivity index (χ4n) is 5.53. The summed E-state index contributed by atoms with van der Waals surface area (Å²) in [5.41, 5.74) is 8.96. The molecule has 3 aromatic rings. The highest BCUT2D eigenvalue weighted by molar-refractivity contribution is 6.13. The second-order valence-corrected chi connectivity index (χ2v) is 12.0. The molecule has 15 nitrogen and oxygen atoms in total. The van der Waals surface area contributed by atoms with Crippen molar-refractivity contribution < 1.29 is 38.1 Å². The highest BCUT2D eigenvalue weighted by Crippen LogP contribution is 2.29. The molecule has 1 aliphatic heterocycles. The Hall–Kier alpha value is -4.44. The van der Waals surface area contributed by atoms with Gasteiger partial charge in [-0.15, -0.1) is 0 Å². The topological polar surface area (TPSA) is 189 Å². The van der Waals surface area contributed by atoms with Crippen molar-refractivity contribution in [1.29, 1.82) is 0 Å². The van der Waals surface area contributed by atoms with Crippen molar-refractivity contribution >= 4 is 51.4 Å². The van der Waals surface area contributed by atoms with E-state index in [1.54, 1.807) is 0 Å². The molecule has 0 aliphatic carbocycles. The summed E-state index contributed by atoms with van der Waals surface area (Å²) in [6, 6.07) is 8.02. The van der Waals surface area contributed by atoms with E-state index in [0.717, 1.165) is 71.3 Å². The number of anilines is 1. The van der Waals surface area contributed by atoms with Gasteiger partial charge in [0.25, 0.3) is 11.8 Å². The molecule has 0 fully saturated rings. The van der Waals surface area contributed by atoms with Gasteiger partial charge in [-0.25, -0.2) is 9.97 Å². The number of fused-ring (bicyclic) bond motifs is 3. The summed E-state index contributed by atoms with van der Waals surface area (Å²) in [4.78, 5) is 57.5. The van der Waals surface area contributed by atoms with Crippen molar-refractivity contribution in [3.63, 3.8) is 0 Å². The number of carbonyl (C=O) groups excluding carboxylic acids is 4. The van der Waals surface area contributed by atoms with E-state index in [1.807, 2.05) is 18.2 Å². The number of benzene rings is 1. The maximum Gasteiger partial charge on any atom is 0.253 e. The van der Waals surface area contributed by atoms with Gasteiger partial charge in [-0.2, -0.15) is 0 Å². The van der Waals surface area contributed by atoms with E-state index in [-0.39, 0.29) is 31.2 Å². The van der Waals surface area contributed by atoms with Crippen LogP contribution in [0.5, 0.6) is 0 Å². The second-order valence-electron chi connectivity index (χ2n) is 12.0. The van der Waals surface area contributed by atoms with Crippen LogP contribution in [-0.4, -0.2) is 116 Å². The molecule has 0 atom stereocenters. The summed E-state index contributed by atoms with van der Waals surface area (Å²) < 4.78 is 24.2. The van der Waals surface area contributed by atoms with Gasteiger partial charge in [0, 0.05) is 63.0 Å². The van der Waals surface area contributed by atoms with Crippen molar-refractivity contribution in [2.24, 2.45) is 0 Å². The molecule has 0 saturated heterocycles. The van der Waals surface area contributed by atoms with E-state index >= 15 is 0 Å². The predicted octanol–water partition coefficient (Wildman–Crippen LogP) is 2.29. The molecule has 1 aliphatic rings. The summed E-state index contributed by atoms with van der Waals surface area (Å²) in [6.07, 6.45) is 7.46. The van der Waals surface area contributed by atoms with Crippen LogP contribution in [0, 0.1) is 0 Å². The van der Waals surface area contributed by atoms with Gasteiger partial charge in [0.1, 0.15) is 11.3 Å². The van der Waals surface area contributed by atoms with Crippen molar-refractivity contribution in [3.8, 4) is 0 Å². The SMILES string of the molecule is CCCCc1nc2c(N)nc3ccccc3c2n1CCCCNC(=O)CCOCCOCCOCCOCCNC(=O)CCN1C(=O)C=CC1=O. The maximum atomic E-state index is 12.3. The van der Waals surface area contributed by atoms with Gasteiger partial charge in [0.15, 0.2) is 5.82 Å². The first-order valence-electron chi connectivity index (χ1n) is 17.8. The van der Waals surface area contributed by atoms with Crippen LogP contribution in [-0.2, 0) is 51.1 Å². The van der Waals surface area contributed by atoms with Crippen LogP contribution in [0.2, 0.25) is 0 Å². The average molecular weight is 710 g/mol. The minimum absolute atomic E-state index is 0.0406. The molecule has 4 amide bonds. The number of nitrogens with one attached hydrogen (secondary N) is 2. The first-order chi connectivity index (χ1) is 24.9. The number of imidazole rings is 1. The van der Waals surface area contributed by atoms with E-state index in [1.165, 1.54) is 12.2 Å². The Labute approximate surface area is 298 Å². The molecule has 0 saturated carbocycles. The zero-order chi connectivity index (χ0) is 36.3. The average Bonchev–Trinajstić information content (AvgIpc) is 3.66. The lowest BCUT2D eigenvalue weighted by Crippen LogP contribution is -2.35. The van der Waals surface area contributed by atoms with Crippen LogP contribution in [0.3, 0.4) is 0 Å². The number of nitrogens with two attached hydrogens (primary N) is 1. The lowest BCUT2D eigenvalue weighted by atomic mass is 10.2. The number of hydrogen-bond donors (Lipinski definition) is 3. The molecule has 4 N–H and O–H groups in total. The lowest BCUT2D eigenvalue weighted by molar-refractivity contribution is -0.137. The molecular formula is C36H51N7O8. The van der Waals surface area contributed by atoms with Crippen LogP contribution in [0.25, 0.3) is 21.9 Å². The first-order valence-corrected chi connectivity index (χ1v) is 17.8. The number of amides is 4. The third kappa shape index (κ3) is 12.7. The summed E-state index contributed by atoms with van der Waals surface area (Å²) in [6.45, 7) is 6.93. The monoisotopic (exact) mass is 709 g/mol. The van der Waals surface area contributed by atoms with E-state index in [2.05, 4.69) is 33.2 Å². The van der Waals surface area contributed by atoms with Crippen molar-refractivity contribution in [2.45, 2.75) is 58.4 Å². The summed E-state index contributed by atoms with van der Waals surface area (Å²) in [7, 11) is 0. The third-order valence-corrected chi connectivity index (χ3v) is 8.20. The van der Waals surface area contributed by atoms with Gasteiger partial charge >= 0.3 is 0 Å². The van der Waals surface area contributed by atoms with E-state index in [4.69, 9.17) is 29.7 Å². The minimum atomic E-state index is -0.401. The number of nitrogen functional groups attached to an aromatic ring is 1. The largest absolute Gasteiger partial charge is 0.382 e. The molecule has 3 heterocycles. The molecule has 2 aromatic heterocycles. The molecule has 15 heteroatoms. The van der Waals surface area contributed by atoms with Gasteiger partial charge in [-0.3, -0.25) is 24.1 Å². The number of nitrogens with zero attached hydrogens (tertiary/aromatic N) is 4. The Morgan fingerprint density at radius 1 is 0.745 bits per heavy atom. The smallest absolute Gasteiger partial charge is 0.253 e. The highest BCUT2D eigenvalue weighted by Gasteiger charge is 2.23. The Morgan fingerprint density at radius 3 is 2.08 bits per heavy atom. The number of aromatic nitrogens is 3. The number of pyridine rings is 1. The van der Waals surface area contributed by atoms with Crippen LogP contribution < -0.4 is 16.4 Å². The van der Waals surface area contributed by atoms with E-state index in [0.29, 0.717) is 71.8 Å². The number of unbranched alkanes of at least 4 members (excludes halogenated alkanes) is 2. The molecule has 0 spiro atoms. The maximum absolute atomic E-state index is 12.3. The number of rotatable bonds is 26. The van der Waals surface area contributed by atoms with Crippen LogP contribution in [0.15, 0.2) is 36.4 Å². The number of ether oxygens (including phenoxy) is 4. The van der Waals surface area contributed by atoms with Crippen LogP contribution in [0.4, 0.5) is 5.82 Å². The molecular weight excluding hydrogens is 658 g/mol. The van der Waals surface area contributed by atoms with Crippen molar-refractivity contribution in [1.82, 2.24) is 30.1 Å².